The average molecular weight is 206 g/mol. The van der Waals surface area contributed by atoms with Crippen LogP contribution in [-0.4, -0.2) is 8.07 Å². The molecule has 0 heterocycles. The van der Waals surface area contributed by atoms with E-state index in [1.807, 2.05) is 0 Å². The highest BCUT2D eigenvalue weighted by molar-refractivity contribution is 6.79. The van der Waals surface area contributed by atoms with Crippen molar-refractivity contribution in [1.29, 1.82) is 0 Å². The lowest BCUT2D eigenvalue weighted by atomic mass is 9.67. The lowest BCUT2D eigenvalue weighted by Crippen LogP contribution is -2.47. The third kappa shape index (κ3) is 0.689. The third-order valence-electron chi connectivity index (χ3n) is 6.43. The maximum Gasteiger partial charge on any atom is 0.0509 e. The second-order valence-corrected chi connectivity index (χ2v) is 13.2. The van der Waals surface area contributed by atoms with Crippen molar-refractivity contribution in [3.8, 4) is 0 Å². The maximum absolute atomic E-state index is 2.65. The molecule has 0 aromatic rings. The third-order valence-corrected chi connectivity index (χ3v) is 10.2. The van der Waals surface area contributed by atoms with E-state index in [0.29, 0.717) is 0 Å². The Hall–Kier alpha value is 0.217. The summed E-state index contributed by atoms with van der Waals surface area (Å²) in [7, 11) is -0.898. The molecule has 6 atom stereocenters. The normalized spacial score (nSPS) is 63.2. The van der Waals surface area contributed by atoms with Gasteiger partial charge in [0.05, 0.1) is 8.07 Å². The zero-order chi connectivity index (χ0) is 9.72. The fraction of sp³-hybridized carbons (Fsp3) is 1.00. The minimum absolute atomic E-state index is 0.898. The summed E-state index contributed by atoms with van der Waals surface area (Å²) in [5.74, 6) is 6.07. The van der Waals surface area contributed by atoms with Gasteiger partial charge in [-0.2, -0.15) is 0 Å². The Morgan fingerprint density at radius 2 is 1.86 bits per heavy atom. The lowest BCUT2D eigenvalue weighted by Gasteiger charge is -2.52. The van der Waals surface area contributed by atoms with Crippen molar-refractivity contribution >= 4 is 8.07 Å². The van der Waals surface area contributed by atoms with Crippen LogP contribution in [0.4, 0.5) is 0 Å². The van der Waals surface area contributed by atoms with Gasteiger partial charge >= 0.3 is 0 Å². The predicted octanol–water partition coefficient (Wildman–Crippen LogP) is 3.76. The summed E-state index contributed by atoms with van der Waals surface area (Å²) in [6.07, 6.45) is 6.57. The van der Waals surface area contributed by atoms with Crippen molar-refractivity contribution in [2.45, 2.75) is 50.4 Å². The minimum atomic E-state index is -0.898. The fourth-order valence-corrected chi connectivity index (χ4v) is 9.21. The van der Waals surface area contributed by atoms with E-state index in [2.05, 4.69) is 19.6 Å². The molecule has 5 saturated carbocycles. The Balaban J connectivity index is 1.83. The van der Waals surface area contributed by atoms with Crippen LogP contribution in [0.15, 0.2) is 0 Å². The molecule has 0 aromatic carbocycles. The molecule has 0 N–H and O–H groups in total. The van der Waals surface area contributed by atoms with Crippen LogP contribution in [0.3, 0.4) is 0 Å². The van der Waals surface area contributed by atoms with E-state index in [9.17, 15) is 0 Å². The van der Waals surface area contributed by atoms with E-state index in [1.54, 1.807) is 25.7 Å². The van der Waals surface area contributed by atoms with E-state index in [-0.39, 0.29) is 0 Å². The molecule has 4 bridgehead atoms. The Morgan fingerprint density at radius 3 is 2.50 bits per heavy atom. The summed E-state index contributed by atoms with van der Waals surface area (Å²) in [5.41, 5.74) is 0. The molecule has 5 aliphatic carbocycles. The van der Waals surface area contributed by atoms with Gasteiger partial charge in [-0.25, -0.2) is 0 Å². The van der Waals surface area contributed by atoms with Gasteiger partial charge < -0.3 is 0 Å². The summed E-state index contributed by atoms with van der Waals surface area (Å²) < 4.78 is 0. The van der Waals surface area contributed by atoms with Crippen molar-refractivity contribution in [1.82, 2.24) is 0 Å². The van der Waals surface area contributed by atoms with Crippen LogP contribution in [0, 0.1) is 29.6 Å². The van der Waals surface area contributed by atoms with Gasteiger partial charge in [0.1, 0.15) is 0 Å². The van der Waals surface area contributed by atoms with Crippen molar-refractivity contribution in [3.05, 3.63) is 0 Å². The first-order valence-corrected chi connectivity index (χ1v) is 10.0. The molecule has 78 valence electrons. The molecular formula is C13H22Si. The second kappa shape index (κ2) is 2.02. The van der Waals surface area contributed by atoms with Crippen LogP contribution >= 0.6 is 0 Å². The Kier molecular flexibility index (Phi) is 1.21. The standard InChI is InChI=1S/C13H22Si/c1-14(2,3)13-6-8-4-9(7-13)11-10(5-8)12(11)13/h8-12H,4-7H2,1-3H3/t8-,9-,10-,11?,12?,13-/m1/s1. The van der Waals surface area contributed by atoms with E-state index >= 15 is 0 Å². The molecular weight excluding hydrogens is 184 g/mol. The lowest BCUT2D eigenvalue weighted by molar-refractivity contribution is 0.133. The van der Waals surface area contributed by atoms with Crippen LogP contribution < -0.4 is 0 Å². The topological polar surface area (TPSA) is 0 Å². The Morgan fingerprint density at radius 1 is 1.07 bits per heavy atom. The minimum Gasteiger partial charge on any atom is -0.0691 e. The van der Waals surface area contributed by atoms with Gasteiger partial charge in [-0.05, 0) is 60.3 Å². The summed E-state index contributed by atoms with van der Waals surface area (Å²) in [5, 5.41) is 0.925. The zero-order valence-corrected chi connectivity index (χ0v) is 10.7. The molecule has 0 radical (unpaired) electrons. The molecule has 5 rings (SSSR count). The first kappa shape index (κ1) is 8.38. The first-order chi connectivity index (χ1) is 6.53. The highest BCUT2D eigenvalue weighted by Gasteiger charge is 2.76. The van der Waals surface area contributed by atoms with Crippen molar-refractivity contribution < 1.29 is 0 Å². The molecule has 14 heavy (non-hydrogen) atoms. The van der Waals surface area contributed by atoms with E-state index in [1.165, 1.54) is 29.6 Å². The molecule has 0 nitrogen and oxygen atoms in total. The van der Waals surface area contributed by atoms with Gasteiger partial charge in [0.2, 0.25) is 0 Å². The molecule has 2 unspecified atom stereocenters. The second-order valence-electron chi connectivity index (χ2n) is 7.68. The zero-order valence-electron chi connectivity index (χ0n) is 9.72. The largest absolute Gasteiger partial charge is 0.0691 e. The van der Waals surface area contributed by atoms with Crippen LogP contribution in [0.25, 0.3) is 0 Å². The Labute approximate surface area is 88.5 Å². The van der Waals surface area contributed by atoms with Crippen LogP contribution in [0.1, 0.15) is 25.7 Å². The molecule has 0 aliphatic heterocycles. The molecule has 0 amide bonds. The van der Waals surface area contributed by atoms with Crippen molar-refractivity contribution in [3.63, 3.8) is 0 Å². The van der Waals surface area contributed by atoms with Crippen LogP contribution in [0.5, 0.6) is 0 Å². The summed E-state index contributed by atoms with van der Waals surface area (Å²) in [6, 6.07) is 0. The van der Waals surface area contributed by atoms with Crippen LogP contribution in [0.2, 0.25) is 24.7 Å². The van der Waals surface area contributed by atoms with Gasteiger partial charge in [0, 0.05) is 0 Å². The molecule has 1 heteroatoms. The number of rotatable bonds is 1. The van der Waals surface area contributed by atoms with Gasteiger partial charge in [-0.1, -0.05) is 19.6 Å². The molecule has 5 aliphatic rings. The molecule has 0 aromatic heterocycles. The van der Waals surface area contributed by atoms with E-state index < -0.39 is 8.07 Å². The Bertz CT molecular complexity index is 303. The summed E-state index contributed by atoms with van der Waals surface area (Å²) >= 11 is 0. The SMILES string of the molecule is C[Si](C)(C)[C@]12C[C@@H]3C[C@H](C1)C1C2[C@@H]1C3. The predicted molar refractivity (Wildman–Crippen MR) is 62.0 cm³/mol. The smallest absolute Gasteiger partial charge is 0.0509 e. The fourth-order valence-electron chi connectivity index (χ4n) is 6.03. The van der Waals surface area contributed by atoms with Gasteiger partial charge in [0.25, 0.3) is 0 Å². The molecule has 5 fully saturated rings. The van der Waals surface area contributed by atoms with Gasteiger partial charge in [-0.3, -0.25) is 0 Å². The van der Waals surface area contributed by atoms with Gasteiger partial charge in [0.15, 0.2) is 0 Å². The highest BCUT2D eigenvalue weighted by atomic mass is 28.3. The summed E-state index contributed by atoms with van der Waals surface area (Å²) in [6.45, 7) is 7.94. The number of hydrogen-bond donors (Lipinski definition) is 0. The molecule has 0 saturated heterocycles. The highest BCUT2D eigenvalue weighted by Crippen LogP contribution is 2.84. The first-order valence-electron chi connectivity index (χ1n) is 6.53. The monoisotopic (exact) mass is 206 g/mol. The van der Waals surface area contributed by atoms with E-state index in [4.69, 9.17) is 0 Å². The van der Waals surface area contributed by atoms with E-state index in [0.717, 1.165) is 5.04 Å². The maximum atomic E-state index is 2.65. The summed E-state index contributed by atoms with van der Waals surface area (Å²) in [4.78, 5) is 0. The van der Waals surface area contributed by atoms with Gasteiger partial charge in [-0.15, -0.1) is 0 Å². The van der Waals surface area contributed by atoms with Crippen LogP contribution in [-0.2, 0) is 0 Å². The van der Waals surface area contributed by atoms with Crippen molar-refractivity contribution in [2.75, 3.05) is 0 Å². The average Bonchev–Trinajstić information content (AvgIpc) is 2.70. The molecule has 0 spiro atoms. The number of hydrogen-bond acceptors (Lipinski definition) is 0. The quantitative estimate of drug-likeness (QED) is 0.573. The van der Waals surface area contributed by atoms with Crippen molar-refractivity contribution in [2.24, 2.45) is 29.6 Å².